The Kier molecular flexibility index (Phi) is 4.66. The molecule has 2 aliphatic heterocycles. The molecule has 0 radical (unpaired) electrons. The van der Waals surface area contributed by atoms with Crippen molar-refractivity contribution in [3.05, 3.63) is 35.4 Å². The first-order valence-corrected chi connectivity index (χ1v) is 7.21. The van der Waals surface area contributed by atoms with Crippen LogP contribution in [0.1, 0.15) is 31.9 Å². The summed E-state index contributed by atoms with van der Waals surface area (Å²) in [5.41, 5.74) is 7.62. The molecule has 1 aromatic carbocycles. The summed E-state index contributed by atoms with van der Waals surface area (Å²) in [5, 5.41) is 0. The first kappa shape index (κ1) is 15.9. The summed E-state index contributed by atoms with van der Waals surface area (Å²) in [6.07, 6.45) is 0. The summed E-state index contributed by atoms with van der Waals surface area (Å²) in [4.78, 5) is 11.9. The monoisotopic (exact) mass is 292 g/mol. The van der Waals surface area contributed by atoms with Crippen LogP contribution in [0.15, 0.2) is 24.3 Å². The lowest BCUT2D eigenvalue weighted by molar-refractivity contribution is -0.138. The summed E-state index contributed by atoms with van der Waals surface area (Å²) in [7, 11) is 0. The number of ether oxygens (including phenoxy) is 2. The molecule has 0 aliphatic carbocycles. The number of nitrogens with two attached hydrogens (primary N) is 1. The van der Waals surface area contributed by atoms with Gasteiger partial charge in [-0.15, -0.1) is 0 Å². The summed E-state index contributed by atoms with van der Waals surface area (Å²) in [6, 6.07) is 8.44. The van der Waals surface area contributed by atoms with Gasteiger partial charge < -0.3 is 15.2 Å². The number of carbonyl (C=O) groups is 1. The molecule has 2 unspecified atom stereocenters. The van der Waals surface area contributed by atoms with Gasteiger partial charge in [0.25, 0.3) is 6.47 Å². The largest absolute Gasteiger partial charge is 0.462 e. The second kappa shape index (κ2) is 6.13. The number of benzene rings is 1. The molecule has 2 saturated heterocycles. The molecule has 116 valence electrons. The van der Waals surface area contributed by atoms with Crippen molar-refractivity contribution in [1.29, 1.82) is 0 Å². The second-order valence-corrected chi connectivity index (χ2v) is 6.28. The van der Waals surface area contributed by atoms with Crippen LogP contribution in [0, 0.1) is 0 Å². The number of fused-ring (bicyclic) bond motifs is 1. The van der Waals surface area contributed by atoms with E-state index in [2.05, 4.69) is 33.9 Å². The van der Waals surface area contributed by atoms with Gasteiger partial charge in [-0.05, 0) is 26.3 Å². The quantitative estimate of drug-likeness (QED) is 0.677. The molecule has 0 amide bonds. The molecule has 2 fully saturated rings. The SMILES string of the molecule is CC(C)(C)OC=O.NCc1ccc(C23CN2CCO3)cc1. The lowest BCUT2D eigenvalue weighted by Gasteiger charge is -2.14. The molecule has 2 N–H and O–H groups in total. The fourth-order valence-electron chi connectivity index (χ4n) is 2.35. The van der Waals surface area contributed by atoms with Crippen molar-refractivity contribution in [2.45, 2.75) is 38.6 Å². The number of rotatable bonds is 3. The van der Waals surface area contributed by atoms with E-state index in [-0.39, 0.29) is 11.3 Å². The van der Waals surface area contributed by atoms with Gasteiger partial charge in [-0.25, -0.2) is 0 Å². The third-order valence-corrected chi connectivity index (χ3v) is 3.56. The van der Waals surface area contributed by atoms with Gasteiger partial charge in [0.2, 0.25) is 0 Å². The van der Waals surface area contributed by atoms with Crippen molar-refractivity contribution in [1.82, 2.24) is 4.90 Å². The van der Waals surface area contributed by atoms with Gasteiger partial charge in [-0.2, -0.15) is 0 Å². The molecule has 0 saturated carbocycles. The minimum Gasteiger partial charge on any atom is -0.462 e. The molecular formula is C16H24N2O3. The summed E-state index contributed by atoms with van der Waals surface area (Å²) >= 11 is 0. The van der Waals surface area contributed by atoms with Gasteiger partial charge in [0.05, 0.1) is 6.61 Å². The van der Waals surface area contributed by atoms with Crippen LogP contribution in [0.4, 0.5) is 0 Å². The van der Waals surface area contributed by atoms with Crippen molar-refractivity contribution in [3.63, 3.8) is 0 Å². The van der Waals surface area contributed by atoms with E-state index < -0.39 is 0 Å². The first-order valence-electron chi connectivity index (χ1n) is 7.21. The number of morpholine rings is 1. The maximum absolute atomic E-state index is 9.60. The van der Waals surface area contributed by atoms with E-state index >= 15 is 0 Å². The molecular weight excluding hydrogens is 268 g/mol. The van der Waals surface area contributed by atoms with Crippen molar-refractivity contribution in [3.8, 4) is 0 Å². The van der Waals surface area contributed by atoms with Gasteiger partial charge in [0.1, 0.15) is 5.60 Å². The van der Waals surface area contributed by atoms with Crippen LogP contribution in [-0.2, 0) is 26.5 Å². The Labute approximate surface area is 126 Å². The standard InChI is InChI=1S/C11H14N2O.C5H10O2/c12-7-9-1-3-10(4-2-9)11-8-13(11)5-6-14-11;1-5(2,3)7-4-6/h1-4H,5-8,12H2;4H,1-3H3. The average molecular weight is 292 g/mol. The number of carbonyl (C=O) groups excluding carboxylic acids is 1. The Balaban J connectivity index is 0.000000199. The van der Waals surface area contributed by atoms with Crippen LogP contribution < -0.4 is 5.73 Å². The Morgan fingerprint density at radius 1 is 1.38 bits per heavy atom. The van der Waals surface area contributed by atoms with Crippen molar-refractivity contribution < 1.29 is 14.3 Å². The van der Waals surface area contributed by atoms with Crippen LogP contribution in [-0.4, -0.2) is 36.7 Å². The highest BCUT2D eigenvalue weighted by Crippen LogP contribution is 2.46. The van der Waals surface area contributed by atoms with E-state index in [1.807, 2.05) is 20.8 Å². The summed E-state index contributed by atoms with van der Waals surface area (Å²) in [5.74, 6) is 0. The molecule has 21 heavy (non-hydrogen) atoms. The lowest BCUT2D eigenvalue weighted by Crippen LogP contribution is -2.17. The normalized spacial score (nSPS) is 26.4. The molecule has 2 aliphatic rings. The van der Waals surface area contributed by atoms with Crippen molar-refractivity contribution >= 4 is 6.47 Å². The van der Waals surface area contributed by atoms with Crippen molar-refractivity contribution in [2.24, 2.45) is 5.73 Å². The molecule has 0 aromatic heterocycles. The first-order chi connectivity index (χ1) is 9.91. The molecule has 1 aromatic rings. The fourth-order valence-corrected chi connectivity index (χ4v) is 2.35. The molecule has 0 spiro atoms. The predicted octanol–water partition coefficient (Wildman–Crippen LogP) is 1.60. The lowest BCUT2D eigenvalue weighted by atomic mass is 10.1. The third kappa shape index (κ3) is 3.81. The van der Waals surface area contributed by atoms with Crippen LogP contribution in [0.2, 0.25) is 0 Å². The Bertz CT molecular complexity index is 481. The van der Waals surface area contributed by atoms with Crippen LogP contribution >= 0.6 is 0 Å². The third-order valence-electron chi connectivity index (χ3n) is 3.56. The highest BCUT2D eigenvalue weighted by molar-refractivity contribution is 5.37. The summed E-state index contributed by atoms with van der Waals surface area (Å²) < 4.78 is 10.3. The number of hydrogen-bond donors (Lipinski definition) is 1. The maximum Gasteiger partial charge on any atom is 0.293 e. The second-order valence-electron chi connectivity index (χ2n) is 6.28. The van der Waals surface area contributed by atoms with E-state index in [1.54, 1.807) is 0 Å². The minimum atomic E-state index is -0.318. The van der Waals surface area contributed by atoms with Gasteiger partial charge >= 0.3 is 0 Å². The fraction of sp³-hybridized carbons (Fsp3) is 0.562. The van der Waals surface area contributed by atoms with Gasteiger partial charge in [0, 0.05) is 25.2 Å². The smallest absolute Gasteiger partial charge is 0.293 e. The van der Waals surface area contributed by atoms with E-state index in [1.165, 1.54) is 11.1 Å². The zero-order valence-electron chi connectivity index (χ0n) is 13.0. The molecule has 2 atom stereocenters. The Morgan fingerprint density at radius 2 is 2.05 bits per heavy atom. The Hall–Kier alpha value is -1.43. The van der Waals surface area contributed by atoms with E-state index in [0.717, 1.165) is 19.7 Å². The molecule has 5 heteroatoms. The average Bonchev–Trinajstić information content (AvgIpc) is 3.00. The van der Waals surface area contributed by atoms with Gasteiger partial charge in [0.15, 0.2) is 5.72 Å². The zero-order valence-corrected chi connectivity index (χ0v) is 13.0. The topological polar surface area (TPSA) is 64.6 Å². The van der Waals surface area contributed by atoms with E-state index in [0.29, 0.717) is 13.0 Å². The van der Waals surface area contributed by atoms with Crippen LogP contribution in [0.25, 0.3) is 0 Å². The highest BCUT2D eigenvalue weighted by Gasteiger charge is 2.58. The van der Waals surface area contributed by atoms with E-state index in [9.17, 15) is 4.79 Å². The van der Waals surface area contributed by atoms with Crippen molar-refractivity contribution in [2.75, 3.05) is 19.7 Å². The minimum absolute atomic E-state index is 0.0624. The zero-order chi connectivity index (χ0) is 15.5. The molecule has 3 rings (SSSR count). The molecule has 5 nitrogen and oxygen atoms in total. The Morgan fingerprint density at radius 3 is 2.38 bits per heavy atom. The van der Waals surface area contributed by atoms with Crippen LogP contribution in [0.5, 0.6) is 0 Å². The highest BCUT2D eigenvalue weighted by atomic mass is 16.5. The van der Waals surface area contributed by atoms with Gasteiger partial charge in [-0.3, -0.25) is 9.69 Å². The number of nitrogens with zero attached hydrogens (tertiary/aromatic N) is 1. The predicted molar refractivity (Wildman–Crippen MR) is 80.4 cm³/mol. The maximum atomic E-state index is 9.60. The number of hydrogen-bond acceptors (Lipinski definition) is 5. The van der Waals surface area contributed by atoms with Gasteiger partial charge in [-0.1, -0.05) is 24.3 Å². The molecule has 0 bridgehead atoms. The van der Waals surface area contributed by atoms with Crippen LogP contribution in [0.3, 0.4) is 0 Å². The van der Waals surface area contributed by atoms with E-state index in [4.69, 9.17) is 10.5 Å². The molecule has 2 heterocycles. The summed E-state index contributed by atoms with van der Waals surface area (Å²) in [6.45, 7) is 9.51.